The molecule has 0 atom stereocenters. The van der Waals surface area contributed by atoms with E-state index in [1.165, 1.54) is 18.2 Å². The van der Waals surface area contributed by atoms with Crippen molar-refractivity contribution < 1.29 is 28.1 Å². The number of nitrogens with zero attached hydrogens (tertiary/aromatic N) is 1. The van der Waals surface area contributed by atoms with Gasteiger partial charge in [0.25, 0.3) is 5.91 Å². The molecule has 2 aromatic rings. The third kappa shape index (κ3) is 7.85. The molecule has 1 aliphatic heterocycles. The van der Waals surface area contributed by atoms with Gasteiger partial charge in [-0.3, -0.25) is 4.79 Å². The Morgan fingerprint density at radius 2 is 1.88 bits per heavy atom. The third-order valence-corrected chi connectivity index (χ3v) is 5.65. The summed E-state index contributed by atoms with van der Waals surface area (Å²) in [7, 11) is 3.67. The number of halogens is 2. The van der Waals surface area contributed by atoms with Crippen molar-refractivity contribution in [3.8, 4) is 11.5 Å². The molecule has 0 spiro atoms. The van der Waals surface area contributed by atoms with E-state index in [4.69, 9.17) is 30.5 Å². The highest BCUT2D eigenvalue weighted by molar-refractivity contribution is 6.31. The Morgan fingerprint density at radius 3 is 2.61 bits per heavy atom. The first-order valence-corrected chi connectivity index (χ1v) is 11.3. The van der Waals surface area contributed by atoms with Gasteiger partial charge in [0, 0.05) is 23.9 Å². The maximum Gasteiger partial charge on any atom is 0.259 e. The lowest BCUT2D eigenvalue weighted by Crippen LogP contribution is -2.32. The molecule has 3 rings (SSSR count). The predicted octanol–water partition coefficient (Wildman–Crippen LogP) is 4.45. The number of anilines is 1. The van der Waals surface area contributed by atoms with Crippen LogP contribution in [0.15, 0.2) is 36.4 Å². The molecule has 9 heteroatoms. The smallest absolute Gasteiger partial charge is 0.259 e. The first-order chi connectivity index (χ1) is 16.0. The number of hydrogen-bond donors (Lipinski definition) is 1. The molecule has 7 nitrogen and oxygen atoms in total. The first-order valence-electron chi connectivity index (χ1n) is 10.9. The average molecular weight is 481 g/mol. The van der Waals surface area contributed by atoms with E-state index in [9.17, 15) is 9.18 Å². The van der Waals surface area contributed by atoms with Crippen molar-refractivity contribution in [3.63, 3.8) is 0 Å². The number of piperidine rings is 1. The number of rotatable bonds is 11. The molecule has 0 radical (unpaired) electrons. The average Bonchev–Trinajstić information content (AvgIpc) is 2.80. The predicted molar refractivity (Wildman–Crippen MR) is 125 cm³/mol. The summed E-state index contributed by atoms with van der Waals surface area (Å²) >= 11 is 6.06. The fraction of sp³-hybridized carbons (Fsp3) is 0.458. The van der Waals surface area contributed by atoms with Gasteiger partial charge < -0.3 is 29.2 Å². The van der Waals surface area contributed by atoms with Crippen LogP contribution in [0.25, 0.3) is 0 Å². The van der Waals surface area contributed by atoms with Gasteiger partial charge >= 0.3 is 0 Å². The Labute approximate surface area is 198 Å². The second kappa shape index (κ2) is 12.7. The summed E-state index contributed by atoms with van der Waals surface area (Å²) in [6.07, 6.45) is 2.07. The molecular formula is C24H30ClFN2O5. The van der Waals surface area contributed by atoms with Crippen molar-refractivity contribution in [2.75, 3.05) is 59.2 Å². The van der Waals surface area contributed by atoms with Crippen LogP contribution in [0, 0.1) is 11.7 Å². The molecule has 33 heavy (non-hydrogen) atoms. The van der Waals surface area contributed by atoms with Gasteiger partial charge in [-0.1, -0.05) is 11.6 Å². The number of hydrogen-bond acceptors (Lipinski definition) is 6. The van der Waals surface area contributed by atoms with E-state index in [0.29, 0.717) is 42.2 Å². The Bertz CT molecular complexity index is 922. The molecule has 1 N–H and O–H groups in total. The summed E-state index contributed by atoms with van der Waals surface area (Å²) in [5, 5.41) is 3.05. The minimum atomic E-state index is -0.533. The van der Waals surface area contributed by atoms with Gasteiger partial charge in [-0.15, -0.1) is 0 Å². The van der Waals surface area contributed by atoms with Crippen LogP contribution in [-0.2, 0) is 9.47 Å². The van der Waals surface area contributed by atoms with Gasteiger partial charge in [-0.25, -0.2) is 4.39 Å². The van der Waals surface area contributed by atoms with Crippen LogP contribution >= 0.6 is 11.6 Å². The van der Waals surface area contributed by atoms with E-state index < -0.39 is 11.7 Å². The number of amides is 1. The quantitative estimate of drug-likeness (QED) is 0.378. The van der Waals surface area contributed by atoms with Gasteiger partial charge in [-0.2, -0.15) is 0 Å². The zero-order valence-electron chi connectivity index (χ0n) is 18.9. The van der Waals surface area contributed by atoms with E-state index in [0.717, 1.165) is 25.9 Å². The Hall–Kier alpha value is -2.39. The zero-order chi connectivity index (χ0) is 23.6. The number of carbonyl (C=O) groups excluding carboxylic acids is 1. The van der Waals surface area contributed by atoms with Crippen LogP contribution in [0.1, 0.15) is 23.2 Å². The van der Waals surface area contributed by atoms with Crippen molar-refractivity contribution in [2.24, 2.45) is 5.92 Å². The van der Waals surface area contributed by atoms with Crippen molar-refractivity contribution in [3.05, 3.63) is 52.8 Å². The van der Waals surface area contributed by atoms with Gasteiger partial charge in [0.2, 0.25) is 0 Å². The van der Waals surface area contributed by atoms with E-state index in [1.807, 2.05) is 0 Å². The highest BCUT2D eigenvalue weighted by atomic mass is 35.5. The molecule has 0 aromatic heterocycles. The van der Waals surface area contributed by atoms with Crippen molar-refractivity contribution in [1.82, 2.24) is 4.90 Å². The molecule has 1 fully saturated rings. The molecule has 1 heterocycles. The van der Waals surface area contributed by atoms with E-state index in [1.54, 1.807) is 25.3 Å². The summed E-state index contributed by atoms with van der Waals surface area (Å²) in [6, 6.07) is 9.04. The molecular weight excluding hydrogens is 451 g/mol. The second-order valence-corrected chi connectivity index (χ2v) is 8.40. The summed E-state index contributed by atoms with van der Waals surface area (Å²) in [4.78, 5) is 15.1. The summed E-state index contributed by atoms with van der Waals surface area (Å²) < 4.78 is 36.0. The van der Waals surface area contributed by atoms with Gasteiger partial charge in [0.1, 0.15) is 5.75 Å². The monoisotopic (exact) mass is 480 g/mol. The SMILES string of the molecule is COCCOCOc1ccc(Cl)cc1C(=O)Nc1ccc(OCC2CCN(C)CC2)c(F)c1. The van der Waals surface area contributed by atoms with Crippen LogP contribution in [0.4, 0.5) is 10.1 Å². The van der Waals surface area contributed by atoms with Crippen molar-refractivity contribution >= 4 is 23.2 Å². The number of carbonyl (C=O) groups is 1. The molecule has 180 valence electrons. The molecule has 0 aliphatic carbocycles. The summed E-state index contributed by atoms with van der Waals surface area (Å²) in [5.41, 5.74) is 0.507. The second-order valence-electron chi connectivity index (χ2n) is 7.96. The number of methoxy groups -OCH3 is 1. The maximum absolute atomic E-state index is 14.6. The molecule has 1 amide bonds. The van der Waals surface area contributed by atoms with Crippen molar-refractivity contribution in [1.29, 1.82) is 0 Å². The van der Waals surface area contributed by atoms with E-state index in [2.05, 4.69) is 17.3 Å². The minimum absolute atomic E-state index is 0.0524. The normalized spacial score (nSPS) is 14.8. The summed E-state index contributed by atoms with van der Waals surface area (Å²) in [5.74, 6) is -0.127. The molecule has 0 bridgehead atoms. The van der Waals surface area contributed by atoms with Crippen LogP contribution in [0.2, 0.25) is 5.02 Å². The molecule has 0 saturated carbocycles. The van der Waals surface area contributed by atoms with Gasteiger partial charge in [0.15, 0.2) is 18.4 Å². The third-order valence-electron chi connectivity index (χ3n) is 5.42. The lowest BCUT2D eigenvalue weighted by atomic mass is 9.98. The van der Waals surface area contributed by atoms with Gasteiger partial charge in [-0.05, 0) is 69.2 Å². The van der Waals surface area contributed by atoms with Crippen LogP contribution in [0.3, 0.4) is 0 Å². The number of benzene rings is 2. The van der Waals surface area contributed by atoms with Crippen LogP contribution in [-0.4, -0.2) is 64.7 Å². The van der Waals surface area contributed by atoms with Crippen molar-refractivity contribution in [2.45, 2.75) is 12.8 Å². The van der Waals surface area contributed by atoms with Crippen LogP contribution < -0.4 is 14.8 Å². The topological polar surface area (TPSA) is 69.3 Å². The molecule has 1 aliphatic rings. The van der Waals surface area contributed by atoms with Gasteiger partial charge in [0.05, 0.1) is 25.4 Å². The Balaban J connectivity index is 1.58. The molecule has 0 unspecified atom stereocenters. The minimum Gasteiger partial charge on any atom is -0.490 e. The Morgan fingerprint density at radius 1 is 1.12 bits per heavy atom. The lowest BCUT2D eigenvalue weighted by molar-refractivity contribution is -0.00872. The number of likely N-dealkylation sites (tertiary alicyclic amines) is 1. The summed E-state index contributed by atoms with van der Waals surface area (Å²) in [6.45, 7) is 3.26. The highest BCUT2D eigenvalue weighted by Crippen LogP contribution is 2.27. The van der Waals surface area contributed by atoms with E-state index >= 15 is 0 Å². The standard InChI is InChI=1S/C24H30ClFN2O5/c1-28-9-7-17(8-10-28)15-32-23-6-4-19(14-21(23)26)27-24(29)20-13-18(25)3-5-22(20)33-16-31-12-11-30-2/h3-6,13-14,17H,7-12,15-16H2,1-2H3,(H,27,29). The van der Waals surface area contributed by atoms with E-state index in [-0.39, 0.29) is 18.1 Å². The molecule has 1 saturated heterocycles. The lowest BCUT2D eigenvalue weighted by Gasteiger charge is -2.28. The fourth-order valence-electron chi connectivity index (χ4n) is 3.44. The zero-order valence-corrected chi connectivity index (χ0v) is 19.7. The fourth-order valence-corrected chi connectivity index (χ4v) is 3.61. The maximum atomic E-state index is 14.6. The largest absolute Gasteiger partial charge is 0.490 e. The number of nitrogens with one attached hydrogen (secondary N) is 1. The Kier molecular flexibility index (Phi) is 9.75. The highest BCUT2D eigenvalue weighted by Gasteiger charge is 2.19. The first kappa shape index (κ1) is 25.2. The molecule has 2 aromatic carbocycles. The number of ether oxygens (including phenoxy) is 4. The van der Waals surface area contributed by atoms with Crippen LogP contribution in [0.5, 0.6) is 11.5 Å².